The maximum Gasteiger partial charge on any atom is 0.416 e. The molecule has 0 heterocycles. The quantitative estimate of drug-likeness (QED) is 0.766. The SMILES string of the molecule is COc1cc(C=O)cc(C(F)(F)F)c1CC#N. The van der Waals surface area contributed by atoms with E-state index in [2.05, 4.69) is 0 Å². The summed E-state index contributed by atoms with van der Waals surface area (Å²) >= 11 is 0. The Morgan fingerprint density at radius 2 is 2.12 bits per heavy atom. The lowest BCUT2D eigenvalue weighted by atomic mass is 10.0. The number of carbonyl (C=O) groups excluding carboxylic acids is 1. The number of hydrogen-bond donors (Lipinski definition) is 0. The van der Waals surface area contributed by atoms with Crippen molar-refractivity contribution in [3.63, 3.8) is 0 Å². The van der Waals surface area contributed by atoms with Gasteiger partial charge in [-0.25, -0.2) is 0 Å². The molecule has 0 atom stereocenters. The second-order valence-electron chi connectivity index (χ2n) is 3.20. The molecule has 0 aliphatic rings. The molecule has 0 bridgehead atoms. The molecule has 0 aliphatic carbocycles. The predicted octanol–water partition coefficient (Wildman–Crippen LogP) is 2.59. The third-order valence-corrected chi connectivity index (χ3v) is 2.15. The van der Waals surface area contributed by atoms with E-state index in [1.165, 1.54) is 13.2 Å². The molecule has 0 aliphatic heterocycles. The molecule has 0 fully saturated rings. The van der Waals surface area contributed by atoms with E-state index in [1.807, 2.05) is 0 Å². The Bertz CT molecular complexity index is 475. The van der Waals surface area contributed by atoms with Crippen LogP contribution in [0.25, 0.3) is 0 Å². The van der Waals surface area contributed by atoms with Crippen molar-refractivity contribution < 1.29 is 22.7 Å². The molecule has 1 aromatic carbocycles. The summed E-state index contributed by atoms with van der Waals surface area (Å²) in [6, 6.07) is 3.53. The molecule has 0 spiro atoms. The Kier molecular flexibility index (Phi) is 3.73. The molecule has 0 radical (unpaired) electrons. The summed E-state index contributed by atoms with van der Waals surface area (Å²) in [5, 5.41) is 8.51. The van der Waals surface area contributed by atoms with Gasteiger partial charge < -0.3 is 4.74 Å². The molecular weight excluding hydrogens is 235 g/mol. The minimum absolute atomic E-state index is 0.108. The number of carbonyl (C=O) groups is 1. The molecule has 3 nitrogen and oxygen atoms in total. The molecule has 0 N–H and O–H groups in total. The van der Waals surface area contributed by atoms with E-state index in [4.69, 9.17) is 10.00 Å². The fourth-order valence-corrected chi connectivity index (χ4v) is 1.43. The van der Waals surface area contributed by atoms with Gasteiger partial charge in [0.1, 0.15) is 12.0 Å². The average Bonchev–Trinajstić information content (AvgIpc) is 2.28. The van der Waals surface area contributed by atoms with Crippen LogP contribution in [0.2, 0.25) is 0 Å². The summed E-state index contributed by atoms with van der Waals surface area (Å²) in [5.74, 6) is -0.108. The maximum absolute atomic E-state index is 12.7. The second kappa shape index (κ2) is 4.87. The minimum atomic E-state index is -4.63. The van der Waals surface area contributed by atoms with Gasteiger partial charge in [-0.1, -0.05) is 0 Å². The zero-order chi connectivity index (χ0) is 13.1. The highest BCUT2D eigenvalue weighted by Gasteiger charge is 2.35. The Morgan fingerprint density at radius 3 is 2.53 bits per heavy atom. The number of nitrogens with zero attached hydrogens (tertiary/aromatic N) is 1. The minimum Gasteiger partial charge on any atom is -0.496 e. The second-order valence-corrected chi connectivity index (χ2v) is 3.20. The smallest absolute Gasteiger partial charge is 0.416 e. The Morgan fingerprint density at radius 1 is 1.47 bits per heavy atom. The number of benzene rings is 1. The van der Waals surface area contributed by atoms with Gasteiger partial charge in [0.05, 0.1) is 25.2 Å². The van der Waals surface area contributed by atoms with E-state index in [0.29, 0.717) is 12.4 Å². The van der Waals surface area contributed by atoms with Crippen LogP contribution in [0.15, 0.2) is 12.1 Å². The highest BCUT2D eigenvalue weighted by Crippen LogP contribution is 2.37. The van der Waals surface area contributed by atoms with Gasteiger partial charge in [-0.05, 0) is 12.1 Å². The number of ether oxygens (including phenoxy) is 1. The molecule has 1 rings (SSSR count). The molecule has 0 amide bonds. The lowest BCUT2D eigenvalue weighted by Crippen LogP contribution is -2.11. The number of halogens is 3. The molecule has 0 saturated carbocycles. The standard InChI is InChI=1S/C11H8F3NO2/c1-17-10-5-7(6-16)4-9(11(12,13)14)8(10)2-3-15/h4-6H,2H2,1H3. The number of hydrogen-bond acceptors (Lipinski definition) is 3. The lowest BCUT2D eigenvalue weighted by Gasteiger charge is -2.15. The van der Waals surface area contributed by atoms with Crippen molar-refractivity contribution in [1.29, 1.82) is 5.26 Å². The lowest BCUT2D eigenvalue weighted by molar-refractivity contribution is -0.138. The third kappa shape index (κ3) is 2.75. The maximum atomic E-state index is 12.7. The summed E-state index contributed by atoms with van der Waals surface area (Å²) < 4.78 is 42.9. The van der Waals surface area contributed by atoms with Crippen LogP contribution in [0.3, 0.4) is 0 Å². The van der Waals surface area contributed by atoms with Crippen molar-refractivity contribution in [2.75, 3.05) is 7.11 Å². The normalized spacial score (nSPS) is 10.8. The number of nitriles is 1. The summed E-state index contributed by atoms with van der Waals surface area (Å²) in [4.78, 5) is 10.5. The monoisotopic (exact) mass is 243 g/mol. The van der Waals surface area contributed by atoms with E-state index in [0.717, 1.165) is 0 Å². The molecule has 90 valence electrons. The van der Waals surface area contributed by atoms with Gasteiger partial charge in [0.15, 0.2) is 0 Å². The van der Waals surface area contributed by atoms with Crippen molar-refractivity contribution in [2.45, 2.75) is 12.6 Å². The van der Waals surface area contributed by atoms with Gasteiger partial charge in [-0.3, -0.25) is 4.79 Å². The van der Waals surface area contributed by atoms with Gasteiger partial charge >= 0.3 is 6.18 Å². The van der Waals surface area contributed by atoms with Crippen LogP contribution in [0.1, 0.15) is 21.5 Å². The summed E-state index contributed by atoms with van der Waals surface area (Å²) in [6.45, 7) is 0. The molecule has 6 heteroatoms. The van der Waals surface area contributed by atoms with Crippen LogP contribution >= 0.6 is 0 Å². The Balaban J connectivity index is 3.53. The first-order valence-corrected chi connectivity index (χ1v) is 4.54. The van der Waals surface area contributed by atoms with Gasteiger partial charge in [0, 0.05) is 11.1 Å². The number of methoxy groups -OCH3 is 1. The fourth-order valence-electron chi connectivity index (χ4n) is 1.43. The van der Waals surface area contributed by atoms with Crippen LogP contribution in [0, 0.1) is 11.3 Å². The average molecular weight is 243 g/mol. The highest BCUT2D eigenvalue weighted by molar-refractivity contribution is 5.77. The topological polar surface area (TPSA) is 50.1 Å². The predicted molar refractivity (Wildman–Crippen MR) is 52.7 cm³/mol. The summed E-state index contributed by atoms with van der Waals surface area (Å²) in [6.07, 6.45) is -4.76. The molecule has 17 heavy (non-hydrogen) atoms. The van der Waals surface area contributed by atoms with Crippen molar-refractivity contribution in [3.05, 3.63) is 28.8 Å². The van der Waals surface area contributed by atoms with E-state index in [-0.39, 0.29) is 16.9 Å². The Hall–Kier alpha value is -2.03. The first kappa shape index (κ1) is 13.0. The molecular formula is C11H8F3NO2. The van der Waals surface area contributed by atoms with Crippen molar-refractivity contribution >= 4 is 6.29 Å². The molecule has 0 unspecified atom stereocenters. The number of aldehydes is 1. The van der Waals surface area contributed by atoms with E-state index >= 15 is 0 Å². The Labute approximate surface area is 95.4 Å². The fraction of sp³-hybridized carbons (Fsp3) is 0.273. The summed E-state index contributed by atoms with van der Waals surface area (Å²) in [7, 11) is 1.19. The van der Waals surface area contributed by atoms with Crippen molar-refractivity contribution in [2.24, 2.45) is 0 Å². The third-order valence-electron chi connectivity index (χ3n) is 2.15. The zero-order valence-corrected chi connectivity index (χ0v) is 8.84. The summed E-state index contributed by atoms with van der Waals surface area (Å²) in [5.41, 5.74) is -1.41. The van der Waals surface area contributed by atoms with E-state index in [1.54, 1.807) is 6.07 Å². The van der Waals surface area contributed by atoms with Crippen molar-refractivity contribution in [3.8, 4) is 11.8 Å². The van der Waals surface area contributed by atoms with Crippen LogP contribution in [0.4, 0.5) is 13.2 Å². The van der Waals surface area contributed by atoms with E-state index in [9.17, 15) is 18.0 Å². The van der Waals surface area contributed by atoms with Gasteiger partial charge in [0.2, 0.25) is 0 Å². The van der Waals surface area contributed by atoms with Crippen LogP contribution < -0.4 is 4.74 Å². The highest BCUT2D eigenvalue weighted by atomic mass is 19.4. The van der Waals surface area contributed by atoms with Gasteiger partial charge in [-0.15, -0.1) is 0 Å². The van der Waals surface area contributed by atoms with Crippen LogP contribution in [-0.2, 0) is 12.6 Å². The molecule has 1 aromatic rings. The van der Waals surface area contributed by atoms with E-state index < -0.39 is 18.2 Å². The van der Waals surface area contributed by atoms with Gasteiger partial charge in [0.25, 0.3) is 0 Å². The van der Waals surface area contributed by atoms with Gasteiger partial charge in [-0.2, -0.15) is 18.4 Å². The first-order valence-electron chi connectivity index (χ1n) is 4.54. The molecule has 0 saturated heterocycles. The zero-order valence-electron chi connectivity index (χ0n) is 8.84. The first-order chi connectivity index (χ1) is 7.93. The number of rotatable bonds is 3. The number of alkyl halides is 3. The largest absolute Gasteiger partial charge is 0.496 e. The van der Waals surface area contributed by atoms with Crippen molar-refractivity contribution in [1.82, 2.24) is 0 Å². The molecule has 0 aromatic heterocycles. The van der Waals surface area contributed by atoms with Crippen LogP contribution in [-0.4, -0.2) is 13.4 Å². The van der Waals surface area contributed by atoms with Crippen LogP contribution in [0.5, 0.6) is 5.75 Å².